The molecule has 1 rings (SSSR count). The van der Waals surface area contributed by atoms with Gasteiger partial charge in [-0.05, 0) is 13.3 Å². The van der Waals surface area contributed by atoms with Crippen LogP contribution in [-0.2, 0) is 0 Å². The summed E-state index contributed by atoms with van der Waals surface area (Å²) < 4.78 is 0. The Morgan fingerprint density at radius 2 is 2.15 bits per heavy atom. The number of hydrogen-bond donors (Lipinski definition) is 3. The van der Waals surface area contributed by atoms with Crippen LogP contribution in [-0.4, -0.2) is 16.0 Å². The fourth-order valence-corrected chi connectivity index (χ4v) is 0.860. The molecule has 0 fully saturated rings. The maximum Gasteiger partial charge on any atom is 0.155 e. The maximum absolute atomic E-state index is 5.67. The molecule has 0 saturated heterocycles. The summed E-state index contributed by atoms with van der Waals surface area (Å²) in [6.45, 7) is 4.14. The average Bonchev–Trinajstić information content (AvgIpc) is 2.13. The first-order valence-corrected chi connectivity index (χ1v) is 4.27. The summed E-state index contributed by atoms with van der Waals surface area (Å²) >= 11 is 0. The molecule has 0 spiro atoms. The number of rotatable bonds is 3. The number of nitrogens with one attached hydrogen (secondary N) is 1. The second-order valence-corrected chi connectivity index (χ2v) is 2.97. The van der Waals surface area contributed by atoms with Gasteiger partial charge in [-0.25, -0.2) is 9.97 Å². The van der Waals surface area contributed by atoms with Crippen molar-refractivity contribution in [1.29, 1.82) is 0 Å². The smallest absolute Gasteiger partial charge is 0.155 e. The van der Waals surface area contributed by atoms with Crippen LogP contribution in [0.4, 0.5) is 17.3 Å². The molecular weight excluding hydrogens is 166 g/mol. The second-order valence-electron chi connectivity index (χ2n) is 2.97. The molecule has 1 aromatic rings. The highest BCUT2D eigenvalue weighted by Crippen LogP contribution is 2.20. The Kier molecular flexibility index (Phi) is 2.89. The molecule has 0 aliphatic rings. The lowest BCUT2D eigenvalue weighted by Crippen LogP contribution is -2.16. The van der Waals surface area contributed by atoms with Crippen molar-refractivity contribution in [3.63, 3.8) is 0 Å². The zero-order valence-corrected chi connectivity index (χ0v) is 7.91. The van der Waals surface area contributed by atoms with Gasteiger partial charge in [0.2, 0.25) is 0 Å². The van der Waals surface area contributed by atoms with Gasteiger partial charge in [0, 0.05) is 6.04 Å². The van der Waals surface area contributed by atoms with E-state index < -0.39 is 0 Å². The SMILES string of the molecule is CCC(C)Nc1ncnc(N)c1N. The van der Waals surface area contributed by atoms with E-state index in [4.69, 9.17) is 11.5 Å². The lowest BCUT2D eigenvalue weighted by Gasteiger charge is -2.13. The summed E-state index contributed by atoms with van der Waals surface area (Å²) in [6.07, 6.45) is 2.40. The normalized spacial score (nSPS) is 12.5. The first-order chi connectivity index (χ1) is 6.15. The highest BCUT2D eigenvalue weighted by molar-refractivity contribution is 5.72. The molecule has 0 aliphatic carbocycles. The van der Waals surface area contributed by atoms with E-state index >= 15 is 0 Å². The van der Waals surface area contributed by atoms with Crippen LogP contribution in [0, 0.1) is 0 Å². The molecule has 5 N–H and O–H groups in total. The van der Waals surface area contributed by atoms with Gasteiger partial charge < -0.3 is 16.8 Å². The van der Waals surface area contributed by atoms with Crippen LogP contribution in [0.3, 0.4) is 0 Å². The molecule has 0 saturated carbocycles. The van der Waals surface area contributed by atoms with Crippen LogP contribution in [0.1, 0.15) is 20.3 Å². The summed E-state index contributed by atoms with van der Waals surface area (Å²) in [5.41, 5.74) is 11.6. The fourth-order valence-electron chi connectivity index (χ4n) is 0.860. The minimum atomic E-state index is 0.320. The van der Waals surface area contributed by atoms with Crippen LogP contribution >= 0.6 is 0 Å². The Morgan fingerprint density at radius 3 is 2.77 bits per heavy atom. The quantitative estimate of drug-likeness (QED) is 0.643. The van der Waals surface area contributed by atoms with Gasteiger partial charge in [-0.3, -0.25) is 0 Å². The van der Waals surface area contributed by atoms with Gasteiger partial charge >= 0.3 is 0 Å². The summed E-state index contributed by atoms with van der Waals surface area (Å²) in [6, 6.07) is 0.330. The number of hydrogen-bond acceptors (Lipinski definition) is 5. The molecule has 13 heavy (non-hydrogen) atoms. The highest BCUT2D eigenvalue weighted by Gasteiger charge is 2.06. The largest absolute Gasteiger partial charge is 0.393 e. The lowest BCUT2D eigenvalue weighted by atomic mass is 10.2. The van der Waals surface area contributed by atoms with E-state index in [0.717, 1.165) is 6.42 Å². The molecule has 0 radical (unpaired) electrons. The molecule has 1 atom stereocenters. The van der Waals surface area contributed by atoms with Crippen molar-refractivity contribution in [2.45, 2.75) is 26.3 Å². The molecule has 5 heteroatoms. The van der Waals surface area contributed by atoms with Crippen molar-refractivity contribution in [3.05, 3.63) is 6.33 Å². The third kappa shape index (κ3) is 2.21. The summed E-state index contributed by atoms with van der Waals surface area (Å²) in [4.78, 5) is 7.77. The Morgan fingerprint density at radius 1 is 1.46 bits per heavy atom. The average molecular weight is 181 g/mol. The highest BCUT2D eigenvalue weighted by atomic mass is 15.1. The van der Waals surface area contributed by atoms with Crippen molar-refractivity contribution < 1.29 is 0 Å². The van der Waals surface area contributed by atoms with E-state index in [0.29, 0.717) is 23.4 Å². The van der Waals surface area contributed by atoms with E-state index in [2.05, 4.69) is 29.1 Å². The number of nitrogen functional groups attached to an aromatic ring is 2. The van der Waals surface area contributed by atoms with E-state index in [9.17, 15) is 0 Å². The maximum atomic E-state index is 5.67. The minimum Gasteiger partial charge on any atom is -0.393 e. The van der Waals surface area contributed by atoms with Crippen molar-refractivity contribution >= 4 is 17.3 Å². The summed E-state index contributed by atoms with van der Waals surface area (Å²) in [5.74, 6) is 0.933. The van der Waals surface area contributed by atoms with Crippen molar-refractivity contribution in [2.24, 2.45) is 0 Å². The Bertz CT molecular complexity index is 286. The molecule has 1 aromatic heterocycles. The first-order valence-electron chi connectivity index (χ1n) is 4.27. The first kappa shape index (κ1) is 9.57. The molecule has 0 bridgehead atoms. The predicted octanol–water partition coefficient (Wildman–Crippen LogP) is 0.851. The molecule has 0 amide bonds. The Labute approximate surface area is 77.6 Å². The van der Waals surface area contributed by atoms with Gasteiger partial charge in [-0.2, -0.15) is 0 Å². The second kappa shape index (κ2) is 3.93. The number of aromatic nitrogens is 2. The van der Waals surface area contributed by atoms with Gasteiger partial charge in [0.1, 0.15) is 12.0 Å². The van der Waals surface area contributed by atoms with Crippen molar-refractivity contribution in [2.75, 3.05) is 16.8 Å². The molecule has 72 valence electrons. The lowest BCUT2D eigenvalue weighted by molar-refractivity contribution is 0.759. The van der Waals surface area contributed by atoms with Crippen LogP contribution in [0.25, 0.3) is 0 Å². The van der Waals surface area contributed by atoms with Crippen LogP contribution in [0.5, 0.6) is 0 Å². The number of nitrogens with two attached hydrogens (primary N) is 2. The Balaban J connectivity index is 2.83. The minimum absolute atomic E-state index is 0.320. The molecule has 0 aromatic carbocycles. The fraction of sp³-hybridized carbons (Fsp3) is 0.500. The number of nitrogens with zero attached hydrogens (tertiary/aromatic N) is 2. The summed E-state index contributed by atoms with van der Waals surface area (Å²) in [5, 5.41) is 3.14. The van der Waals surface area contributed by atoms with Crippen molar-refractivity contribution in [3.8, 4) is 0 Å². The van der Waals surface area contributed by atoms with Gasteiger partial charge in [0.25, 0.3) is 0 Å². The standard InChI is InChI=1S/C8H15N5/c1-3-5(2)13-8-6(9)7(10)11-4-12-8/h4-5H,3,9H2,1-2H3,(H3,10,11,12,13). The zero-order chi connectivity index (χ0) is 9.84. The Hall–Kier alpha value is -1.52. The summed E-state index contributed by atoms with van der Waals surface area (Å²) in [7, 11) is 0. The van der Waals surface area contributed by atoms with Crippen LogP contribution in [0.15, 0.2) is 6.33 Å². The van der Waals surface area contributed by atoms with E-state index in [1.54, 1.807) is 0 Å². The van der Waals surface area contributed by atoms with E-state index in [1.165, 1.54) is 6.33 Å². The van der Waals surface area contributed by atoms with E-state index in [1.807, 2.05) is 0 Å². The predicted molar refractivity (Wildman–Crippen MR) is 54.2 cm³/mol. The van der Waals surface area contributed by atoms with Crippen LogP contribution in [0.2, 0.25) is 0 Å². The third-order valence-corrected chi connectivity index (χ3v) is 1.91. The molecular formula is C8H15N5. The number of anilines is 3. The van der Waals surface area contributed by atoms with Gasteiger partial charge in [0.05, 0.1) is 0 Å². The van der Waals surface area contributed by atoms with Gasteiger partial charge in [-0.15, -0.1) is 0 Å². The molecule has 5 nitrogen and oxygen atoms in total. The molecule has 1 heterocycles. The van der Waals surface area contributed by atoms with Gasteiger partial charge in [0.15, 0.2) is 11.6 Å². The molecule has 1 unspecified atom stereocenters. The van der Waals surface area contributed by atoms with Crippen molar-refractivity contribution in [1.82, 2.24) is 9.97 Å². The molecule has 0 aliphatic heterocycles. The third-order valence-electron chi connectivity index (χ3n) is 1.91. The monoisotopic (exact) mass is 181 g/mol. The zero-order valence-electron chi connectivity index (χ0n) is 7.91. The van der Waals surface area contributed by atoms with Gasteiger partial charge in [-0.1, -0.05) is 6.92 Å². The van der Waals surface area contributed by atoms with Crippen LogP contribution < -0.4 is 16.8 Å². The van der Waals surface area contributed by atoms with E-state index in [-0.39, 0.29) is 0 Å². The topological polar surface area (TPSA) is 89.8 Å².